The van der Waals surface area contributed by atoms with Gasteiger partial charge in [0.05, 0.1) is 17.4 Å². The zero-order chi connectivity index (χ0) is 12.8. The highest BCUT2D eigenvalue weighted by atomic mass is 35.5. The van der Waals surface area contributed by atoms with Crippen molar-refractivity contribution in [3.05, 3.63) is 33.1 Å². The number of nitrogens with one attached hydrogen (secondary N) is 1. The molecule has 0 aliphatic heterocycles. The summed E-state index contributed by atoms with van der Waals surface area (Å²) in [5.41, 5.74) is -0.712. The molecule has 1 amide bonds. The second kappa shape index (κ2) is 5.77. The molecule has 1 aromatic heterocycles. The van der Waals surface area contributed by atoms with Crippen molar-refractivity contribution in [3.63, 3.8) is 0 Å². The number of pyridine rings is 1. The van der Waals surface area contributed by atoms with Crippen LogP contribution in [0.2, 0.25) is 5.15 Å². The normalized spacial score (nSPS) is 9.41. The molecule has 0 aromatic carbocycles. The van der Waals surface area contributed by atoms with E-state index in [0.29, 0.717) is 0 Å². The van der Waals surface area contributed by atoms with Crippen LogP contribution in [0.25, 0.3) is 0 Å². The molecule has 0 saturated carbocycles. The summed E-state index contributed by atoms with van der Waals surface area (Å²) in [5.74, 6) is -0.656. The molecule has 1 heterocycles. The highest BCUT2D eigenvalue weighted by Crippen LogP contribution is 2.25. The Morgan fingerprint density at radius 1 is 1.71 bits per heavy atom. The summed E-state index contributed by atoms with van der Waals surface area (Å²) in [6, 6.07) is 3.04. The molecule has 0 bridgehead atoms. The van der Waals surface area contributed by atoms with Crippen LogP contribution in [0, 0.1) is 21.4 Å². The number of nitro groups is 1. The van der Waals surface area contributed by atoms with E-state index >= 15 is 0 Å². The van der Waals surface area contributed by atoms with Crippen LogP contribution in [0.4, 0.5) is 5.69 Å². The van der Waals surface area contributed by atoms with E-state index < -0.39 is 16.5 Å². The molecule has 1 aromatic rings. The van der Waals surface area contributed by atoms with Gasteiger partial charge in [0.2, 0.25) is 5.15 Å². The molecule has 0 unspecified atom stereocenters. The minimum atomic E-state index is -0.769. The van der Waals surface area contributed by atoms with Crippen molar-refractivity contribution >= 4 is 23.2 Å². The zero-order valence-corrected chi connectivity index (χ0v) is 9.27. The van der Waals surface area contributed by atoms with E-state index in [-0.39, 0.29) is 23.7 Å². The first kappa shape index (κ1) is 12.9. The summed E-state index contributed by atoms with van der Waals surface area (Å²) < 4.78 is 0. The summed E-state index contributed by atoms with van der Waals surface area (Å²) in [6.45, 7) is 0.117. The molecule has 8 heteroatoms. The number of carbonyl (C=O) groups is 1. The van der Waals surface area contributed by atoms with Crippen LogP contribution in [-0.2, 0) is 0 Å². The van der Waals surface area contributed by atoms with Crippen LogP contribution in [-0.4, -0.2) is 22.4 Å². The van der Waals surface area contributed by atoms with Crippen LogP contribution in [0.1, 0.15) is 16.8 Å². The molecular formula is C9H7ClN4O3. The third-order valence-corrected chi connectivity index (χ3v) is 2.11. The van der Waals surface area contributed by atoms with E-state index in [1.807, 2.05) is 6.07 Å². The van der Waals surface area contributed by atoms with E-state index in [9.17, 15) is 14.9 Å². The van der Waals surface area contributed by atoms with Crippen molar-refractivity contribution < 1.29 is 9.72 Å². The molecule has 1 rings (SSSR count). The van der Waals surface area contributed by atoms with Gasteiger partial charge in [-0.15, -0.1) is 0 Å². The topological polar surface area (TPSA) is 109 Å². The Morgan fingerprint density at radius 3 is 3.00 bits per heavy atom. The predicted octanol–water partition coefficient (Wildman–Crippen LogP) is 1.29. The Labute approximate surface area is 101 Å². The smallest absolute Gasteiger partial charge is 0.319 e. The average Bonchev–Trinajstić information content (AvgIpc) is 2.28. The lowest BCUT2D eigenvalue weighted by atomic mass is 10.2. The molecular weight excluding hydrogens is 248 g/mol. The lowest BCUT2D eigenvalue weighted by molar-refractivity contribution is -0.385. The lowest BCUT2D eigenvalue weighted by Crippen LogP contribution is -2.25. The van der Waals surface area contributed by atoms with Crippen LogP contribution in [0.3, 0.4) is 0 Å². The van der Waals surface area contributed by atoms with E-state index in [1.165, 1.54) is 12.3 Å². The van der Waals surface area contributed by atoms with E-state index in [4.69, 9.17) is 16.9 Å². The fourth-order valence-corrected chi connectivity index (χ4v) is 1.34. The van der Waals surface area contributed by atoms with Gasteiger partial charge >= 0.3 is 5.69 Å². The van der Waals surface area contributed by atoms with Gasteiger partial charge in [-0.3, -0.25) is 14.9 Å². The van der Waals surface area contributed by atoms with E-state index in [1.54, 1.807) is 0 Å². The van der Waals surface area contributed by atoms with Gasteiger partial charge in [0.25, 0.3) is 5.91 Å². The van der Waals surface area contributed by atoms with E-state index in [0.717, 1.165) is 0 Å². The Hall–Kier alpha value is -2.20. The third kappa shape index (κ3) is 3.12. The maximum Gasteiger partial charge on any atom is 0.319 e. The van der Waals surface area contributed by atoms with Crippen molar-refractivity contribution in [2.75, 3.05) is 6.54 Å². The molecule has 0 spiro atoms. The molecule has 17 heavy (non-hydrogen) atoms. The standard InChI is InChI=1S/C9H7ClN4O3/c10-8-7(14(16)17)6(2-5-12-8)9(15)13-4-1-3-11/h2,5H,1,4H2,(H,13,15). The third-order valence-electron chi connectivity index (χ3n) is 1.83. The fraction of sp³-hybridized carbons (Fsp3) is 0.222. The summed E-state index contributed by atoms with van der Waals surface area (Å²) in [5, 5.41) is 21.0. The van der Waals surface area contributed by atoms with Crippen LogP contribution in [0.5, 0.6) is 0 Å². The summed E-state index contributed by atoms with van der Waals surface area (Å²) in [7, 11) is 0. The largest absolute Gasteiger partial charge is 0.351 e. The molecule has 0 fully saturated rings. The summed E-state index contributed by atoms with van der Waals surface area (Å²) >= 11 is 5.54. The average molecular weight is 255 g/mol. The number of nitrogens with zero attached hydrogens (tertiary/aromatic N) is 3. The van der Waals surface area contributed by atoms with Gasteiger partial charge in [0, 0.05) is 12.7 Å². The first-order valence-corrected chi connectivity index (χ1v) is 4.89. The quantitative estimate of drug-likeness (QED) is 0.377. The van der Waals surface area contributed by atoms with Crippen LogP contribution >= 0.6 is 11.6 Å². The highest BCUT2D eigenvalue weighted by molar-refractivity contribution is 6.32. The molecule has 7 nitrogen and oxygen atoms in total. The maximum absolute atomic E-state index is 11.6. The second-order valence-electron chi connectivity index (χ2n) is 2.92. The Kier molecular flexibility index (Phi) is 4.37. The lowest BCUT2D eigenvalue weighted by Gasteiger charge is -2.04. The SMILES string of the molecule is N#CCCNC(=O)c1ccnc(Cl)c1[N+](=O)[O-]. The van der Waals surface area contributed by atoms with Crippen LogP contribution in [0.15, 0.2) is 12.3 Å². The molecule has 0 atom stereocenters. The minimum Gasteiger partial charge on any atom is -0.351 e. The van der Waals surface area contributed by atoms with Gasteiger partial charge in [-0.1, -0.05) is 11.6 Å². The van der Waals surface area contributed by atoms with Gasteiger partial charge < -0.3 is 5.32 Å². The van der Waals surface area contributed by atoms with Gasteiger partial charge in [-0.05, 0) is 6.07 Å². The van der Waals surface area contributed by atoms with Crippen LogP contribution < -0.4 is 5.32 Å². The predicted molar refractivity (Wildman–Crippen MR) is 58.5 cm³/mol. The highest BCUT2D eigenvalue weighted by Gasteiger charge is 2.24. The molecule has 0 aliphatic rings. The Bertz CT molecular complexity index is 498. The Morgan fingerprint density at radius 2 is 2.41 bits per heavy atom. The summed E-state index contributed by atoms with van der Waals surface area (Å²) in [4.78, 5) is 25.1. The number of aromatic nitrogens is 1. The van der Waals surface area contributed by atoms with Crippen molar-refractivity contribution in [2.45, 2.75) is 6.42 Å². The molecule has 0 aliphatic carbocycles. The minimum absolute atomic E-state index is 0.117. The Balaban J connectivity index is 2.98. The number of carbonyl (C=O) groups excluding carboxylic acids is 1. The monoisotopic (exact) mass is 254 g/mol. The van der Waals surface area contributed by atoms with Crippen molar-refractivity contribution in [3.8, 4) is 6.07 Å². The van der Waals surface area contributed by atoms with Crippen molar-refractivity contribution in [2.24, 2.45) is 0 Å². The molecule has 0 saturated heterocycles. The second-order valence-corrected chi connectivity index (χ2v) is 3.28. The first-order valence-electron chi connectivity index (χ1n) is 4.52. The van der Waals surface area contributed by atoms with Crippen molar-refractivity contribution in [1.29, 1.82) is 5.26 Å². The zero-order valence-electron chi connectivity index (χ0n) is 8.51. The van der Waals surface area contributed by atoms with E-state index in [2.05, 4.69) is 10.3 Å². The fourth-order valence-electron chi connectivity index (χ4n) is 1.11. The van der Waals surface area contributed by atoms with Gasteiger partial charge in [-0.25, -0.2) is 4.98 Å². The number of halogens is 1. The number of hydrogen-bond acceptors (Lipinski definition) is 5. The number of nitriles is 1. The molecule has 1 N–H and O–H groups in total. The van der Waals surface area contributed by atoms with Crippen molar-refractivity contribution in [1.82, 2.24) is 10.3 Å². The maximum atomic E-state index is 11.6. The summed E-state index contributed by atoms with van der Waals surface area (Å²) in [6.07, 6.45) is 1.33. The number of amides is 1. The number of rotatable bonds is 4. The molecule has 88 valence electrons. The number of hydrogen-bond donors (Lipinski definition) is 1. The van der Waals surface area contributed by atoms with Gasteiger partial charge in [0.15, 0.2) is 0 Å². The molecule has 0 radical (unpaired) electrons. The first-order chi connectivity index (χ1) is 8.07. The van der Waals surface area contributed by atoms with Gasteiger partial charge in [0.1, 0.15) is 5.56 Å². The van der Waals surface area contributed by atoms with Gasteiger partial charge in [-0.2, -0.15) is 5.26 Å².